The number of hydrogen-bond acceptors (Lipinski definition) is 5. The topological polar surface area (TPSA) is 37.8 Å². The standard InChI is InChI=1S/C13H19N3S2/c1-5-10-8(3)18-13(16-10)12(14-6-2)11-7-17-9(4)15-11/h7,12,14H,5-6H2,1-4H3. The van der Waals surface area contributed by atoms with Crippen LogP contribution in [0.15, 0.2) is 5.38 Å². The molecule has 0 aromatic carbocycles. The molecular formula is C13H19N3S2. The smallest absolute Gasteiger partial charge is 0.116 e. The third kappa shape index (κ3) is 2.79. The lowest BCUT2D eigenvalue weighted by atomic mass is 10.2. The fourth-order valence-electron chi connectivity index (χ4n) is 1.94. The van der Waals surface area contributed by atoms with Crippen molar-refractivity contribution in [1.29, 1.82) is 0 Å². The van der Waals surface area contributed by atoms with Crippen molar-refractivity contribution < 1.29 is 0 Å². The quantitative estimate of drug-likeness (QED) is 0.912. The van der Waals surface area contributed by atoms with Gasteiger partial charge in [0.2, 0.25) is 0 Å². The van der Waals surface area contributed by atoms with Crippen molar-refractivity contribution in [1.82, 2.24) is 15.3 Å². The minimum atomic E-state index is 0.143. The van der Waals surface area contributed by atoms with E-state index in [0.29, 0.717) is 0 Å². The number of aryl methyl sites for hydroxylation is 3. The summed E-state index contributed by atoms with van der Waals surface area (Å²) in [6.45, 7) is 9.38. The molecule has 1 unspecified atom stereocenters. The van der Waals surface area contributed by atoms with E-state index in [1.54, 1.807) is 22.7 Å². The summed E-state index contributed by atoms with van der Waals surface area (Å²) >= 11 is 3.48. The lowest BCUT2D eigenvalue weighted by Gasteiger charge is -2.12. The molecule has 18 heavy (non-hydrogen) atoms. The van der Waals surface area contributed by atoms with Gasteiger partial charge < -0.3 is 5.32 Å². The Balaban J connectivity index is 2.34. The van der Waals surface area contributed by atoms with E-state index < -0.39 is 0 Å². The van der Waals surface area contributed by atoms with Gasteiger partial charge in [-0.2, -0.15) is 0 Å². The van der Waals surface area contributed by atoms with Crippen LogP contribution in [-0.2, 0) is 6.42 Å². The van der Waals surface area contributed by atoms with Gasteiger partial charge in [0, 0.05) is 10.3 Å². The van der Waals surface area contributed by atoms with Gasteiger partial charge in [0.1, 0.15) is 11.0 Å². The zero-order valence-electron chi connectivity index (χ0n) is 11.3. The first-order valence-electron chi connectivity index (χ1n) is 6.27. The van der Waals surface area contributed by atoms with Gasteiger partial charge in [0.25, 0.3) is 0 Å². The Morgan fingerprint density at radius 1 is 1.28 bits per heavy atom. The lowest BCUT2D eigenvalue weighted by Crippen LogP contribution is -2.22. The summed E-state index contributed by atoms with van der Waals surface area (Å²) in [6, 6.07) is 0.143. The number of thiazole rings is 2. The number of aromatic nitrogens is 2. The van der Waals surface area contributed by atoms with Crippen LogP contribution in [0, 0.1) is 13.8 Å². The molecule has 0 radical (unpaired) electrons. The van der Waals surface area contributed by atoms with Crippen LogP contribution in [0.1, 0.15) is 46.2 Å². The van der Waals surface area contributed by atoms with E-state index in [1.165, 1.54) is 10.6 Å². The van der Waals surface area contributed by atoms with E-state index >= 15 is 0 Å². The van der Waals surface area contributed by atoms with Crippen LogP contribution in [0.25, 0.3) is 0 Å². The average Bonchev–Trinajstić information content (AvgIpc) is 2.92. The molecule has 1 N–H and O–H groups in total. The van der Waals surface area contributed by atoms with Crippen molar-refractivity contribution in [3.63, 3.8) is 0 Å². The van der Waals surface area contributed by atoms with Crippen LogP contribution < -0.4 is 5.32 Å². The predicted molar refractivity (Wildman–Crippen MR) is 78.6 cm³/mol. The molecule has 2 rings (SSSR count). The number of hydrogen-bond donors (Lipinski definition) is 1. The van der Waals surface area contributed by atoms with Crippen LogP contribution in [0.2, 0.25) is 0 Å². The highest BCUT2D eigenvalue weighted by Crippen LogP contribution is 2.29. The van der Waals surface area contributed by atoms with Crippen LogP contribution in [0.3, 0.4) is 0 Å². The largest absolute Gasteiger partial charge is 0.303 e. The molecule has 0 aliphatic heterocycles. The Bertz CT molecular complexity index is 516. The van der Waals surface area contributed by atoms with Gasteiger partial charge in [0.15, 0.2) is 0 Å². The first-order valence-corrected chi connectivity index (χ1v) is 7.96. The molecular weight excluding hydrogens is 262 g/mol. The average molecular weight is 281 g/mol. The van der Waals surface area contributed by atoms with E-state index in [-0.39, 0.29) is 6.04 Å². The molecule has 2 aromatic heterocycles. The third-order valence-electron chi connectivity index (χ3n) is 2.83. The molecule has 5 heteroatoms. The SMILES string of the molecule is CCNC(c1csc(C)n1)c1nc(CC)c(C)s1. The maximum Gasteiger partial charge on any atom is 0.116 e. The van der Waals surface area contributed by atoms with E-state index in [4.69, 9.17) is 4.98 Å². The highest BCUT2D eigenvalue weighted by atomic mass is 32.1. The van der Waals surface area contributed by atoms with Crippen molar-refractivity contribution in [2.75, 3.05) is 6.54 Å². The third-order valence-corrected chi connectivity index (χ3v) is 4.70. The normalized spacial score (nSPS) is 12.9. The molecule has 0 aliphatic carbocycles. The molecule has 0 saturated heterocycles. The van der Waals surface area contributed by atoms with E-state index in [0.717, 1.165) is 28.7 Å². The summed E-state index contributed by atoms with van der Waals surface area (Å²) in [4.78, 5) is 10.7. The van der Waals surface area contributed by atoms with Crippen molar-refractivity contribution in [2.24, 2.45) is 0 Å². The molecule has 2 aromatic rings. The molecule has 0 saturated carbocycles. The zero-order valence-corrected chi connectivity index (χ0v) is 12.9. The highest BCUT2D eigenvalue weighted by molar-refractivity contribution is 7.12. The maximum atomic E-state index is 4.75. The van der Waals surface area contributed by atoms with Gasteiger partial charge in [-0.1, -0.05) is 13.8 Å². The highest BCUT2D eigenvalue weighted by Gasteiger charge is 2.20. The Morgan fingerprint density at radius 2 is 2.06 bits per heavy atom. The van der Waals surface area contributed by atoms with Gasteiger partial charge in [-0.05, 0) is 26.8 Å². The van der Waals surface area contributed by atoms with Gasteiger partial charge >= 0.3 is 0 Å². The van der Waals surface area contributed by atoms with Gasteiger partial charge in [0.05, 0.1) is 16.4 Å². The molecule has 0 amide bonds. The van der Waals surface area contributed by atoms with E-state index in [1.807, 2.05) is 6.92 Å². The number of rotatable bonds is 5. The van der Waals surface area contributed by atoms with Crippen LogP contribution in [-0.4, -0.2) is 16.5 Å². The summed E-state index contributed by atoms with van der Waals surface area (Å²) < 4.78 is 0. The van der Waals surface area contributed by atoms with Gasteiger partial charge in [-0.25, -0.2) is 9.97 Å². The zero-order chi connectivity index (χ0) is 13.1. The van der Waals surface area contributed by atoms with Gasteiger partial charge in [-0.15, -0.1) is 22.7 Å². The van der Waals surface area contributed by atoms with Crippen molar-refractivity contribution in [3.8, 4) is 0 Å². The summed E-state index contributed by atoms with van der Waals surface area (Å²) in [6.07, 6.45) is 0.997. The van der Waals surface area contributed by atoms with Crippen LogP contribution >= 0.6 is 22.7 Å². The number of nitrogens with zero attached hydrogens (tertiary/aromatic N) is 2. The van der Waals surface area contributed by atoms with Crippen LogP contribution in [0.5, 0.6) is 0 Å². The molecule has 3 nitrogen and oxygen atoms in total. The fraction of sp³-hybridized carbons (Fsp3) is 0.538. The van der Waals surface area contributed by atoms with E-state index in [2.05, 4.69) is 36.5 Å². The molecule has 98 valence electrons. The number of nitrogens with one attached hydrogen (secondary N) is 1. The lowest BCUT2D eigenvalue weighted by molar-refractivity contribution is 0.613. The van der Waals surface area contributed by atoms with Crippen LogP contribution in [0.4, 0.5) is 0 Å². The Kier molecular flexibility index (Phi) is 4.48. The summed E-state index contributed by atoms with van der Waals surface area (Å²) in [5.41, 5.74) is 2.31. The molecule has 0 fully saturated rings. The molecule has 1 atom stereocenters. The molecule has 0 bridgehead atoms. The van der Waals surface area contributed by atoms with Gasteiger partial charge in [-0.3, -0.25) is 0 Å². The van der Waals surface area contributed by atoms with Crippen molar-refractivity contribution in [2.45, 2.75) is 40.2 Å². The van der Waals surface area contributed by atoms with E-state index in [9.17, 15) is 0 Å². The minimum Gasteiger partial charge on any atom is -0.303 e. The maximum absolute atomic E-state index is 4.75. The second-order valence-electron chi connectivity index (χ2n) is 4.19. The first-order chi connectivity index (χ1) is 8.65. The Hall–Kier alpha value is -0.780. The molecule has 2 heterocycles. The van der Waals surface area contributed by atoms with Crippen molar-refractivity contribution in [3.05, 3.63) is 31.7 Å². The Morgan fingerprint density at radius 3 is 2.56 bits per heavy atom. The molecule has 0 aliphatic rings. The summed E-state index contributed by atoms with van der Waals surface area (Å²) in [7, 11) is 0. The summed E-state index contributed by atoms with van der Waals surface area (Å²) in [5, 5.41) is 7.86. The second kappa shape index (κ2) is 5.91. The summed E-state index contributed by atoms with van der Waals surface area (Å²) in [5.74, 6) is 0. The first kappa shape index (κ1) is 13.6. The van der Waals surface area contributed by atoms with Crippen molar-refractivity contribution >= 4 is 22.7 Å². The monoisotopic (exact) mass is 281 g/mol. The Labute approximate surface area is 116 Å². The predicted octanol–water partition coefficient (Wildman–Crippen LogP) is 3.48. The second-order valence-corrected chi connectivity index (χ2v) is 6.49. The fourth-order valence-corrected chi connectivity index (χ4v) is 3.67. The minimum absolute atomic E-state index is 0.143. The molecule has 0 spiro atoms.